The Kier molecular flexibility index (Phi) is 4.63. The van der Waals surface area contributed by atoms with E-state index in [0.717, 1.165) is 29.7 Å². The van der Waals surface area contributed by atoms with Gasteiger partial charge in [0.15, 0.2) is 5.82 Å². The van der Waals surface area contributed by atoms with Crippen molar-refractivity contribution < 1.29 is 4.79 Å². The number of halogens is 1. The van der Waals surface area contributed by atoms with Crippen LogP contribution >= 0.6 is 11.6 Å². The van der Waals surface area contributed by atoms with Crippen LogP contribution in [0.3, 0.4) is 0 Å². The van der Waals surface area contributed by atoms with Crippen molar-refractivity contribution in [3.05, 3.63) is 71.5 Å². The van der Waals surface area contributed by atoms with Gasteiger partial charge in [-0.05, 0) is 54.8 Å². The highest BCUT2D eigenvalue weighted by Gasteiger charge is 2.33. The zero-order chi connectivity index (χ0) is 17.9. The van der Waals surface area contributed by atoms with E-state index in [1.807, 2.05) is 48.5 Å². The molecule has 0 aliphatic carbocycles. The molecule has 0 saturated carbocycles. The van der Waals surface area contributed by atoms with Gasteiger partial charge in [-0.1, -0.05) is 23.7 Å². The van der Waals surface area contributed by atoms with E-state index >= 15 is 0 Å². The molecule has 1 fully saturated rings. The van der Waals surface area contributed by atoms with Crippen molar-refractivity contribution in [3.63, 3.8) is 0 Å². The smallest absolute Gasteiger partial charge is 0.231 e. The minimum Gasteiger partial charge on any atom is -0.295 e. The summed E-state index contributed by atoms with van der Waals surface area (Å²) in [7, 11) is 0. The Labute approximate surface area is 156 Å². The van der Waals surface area contributed by atoms with Gasteiger partial charge in [-0.3, -0.25) is 14.7 Å². The highest BCUT2D eigenvalue weighted by atomic mass is 35.5. The van der Waals surface area contributed by atoms with Crippen molar-refractivity contribution in [2.75, 3.05) is 11.4 Å². The third-order valence-electron chi connectivity index (χ3n) is 4.61. The predicted molar refractivity (Wildman–Crippen MR) is 101 cm³/mol. The number of anilines is 1. The summed E-state index contributed by atoms with van der Waals surface area (Å²) in [5, 5.41) is 9.22. The number of rotatable bonds is 4. The van der Waals surface area contributed by atoms with Crippen molar-refractivity contribution in [1.29, 1.82) is 0 Å². The van der Waals surface area contributed by atoms with Gasteiger partial charge in [0.1, 0.15) is 0 Å². The third-order valence-corrected chi connectivity index (χ3v) is 4.87. The molecule has 0 spiro atoms. The maximum atomic E-state index is 12.8. The Morgan fingerprint density at radius 3 is 2.46 bits per heavy atom. The number of nitrogens with zero attached hydrogens (tertiary/aromatic N) is 4. The standard InChI is InChI=1S/C20H17ClN4O/c21-17-3-1-14(2-4-17)13-16-9-12-25(20(16)26)19-6-5-18(23-24-19)15-7-10-22-11-8-15/h1-8,10-11,16H,9,12-13H2. The second-order valence-corrected chi connectivity index (χ2v) is 6.76. The van der Waals surface area contributed by atoms with E-state index in [2.05, 4.69) is 15.2 Å². The summed E-state index contributed by atoms with van der Waals surface area (Å²) in [5.41, 5.74) is 2.83. The largest absolute Gasteiger partial charge is 0.295 e. The highest BCUT2D eigenvalue weighted by Crippen LogP contribution is 2.27. The molecule has 1 aliphatic rings. The maximum absolute atomic E-state index is 12.8. The first-order chi connectivity index (χ1) is 12.7. The number of hydrogen-bond donors (Lipinski definition) is 0. The fraction of sp³-hybridized carbons (Fsp3) is 0.200. The molecular formula is C20H17ClN4O. The van der Waals surface area contributed by atoms with Crippen molar-refractivity contribution in [2.24, 2.45) is 5.92 Å². The number of carbonyl (C=O) groups is 1. The van der Waals surface area contributed by atoms with Crippen LogP contribution in [0.15, 0.2) is 60.9 Å². The fourth-order valence-corrected chi connectivity index (χ4v) is 3.33. The number of carbonyl (C=O) groups excluding carboxylic acids is 1. The summed E-state index contributed by atoms with van der Waals surface area (Å²) in [6, 6.07) is 15.2. The summed E-state index contributed by atoms with van der Waals surface area (Å²) in [5.74, 6) is 0.676. The van der Waals surface area contributed by atoms with Crippen LogP contribution in [0.5, 0.6) is 0 Å². The van der Waals surface area contributed by atoms with Crippen LogP contribution < -0.4 is 4.90 Å². The van der Waals surface area contributed by atoms with Crippen LogP contribution in [0.2, 0.25) is 5.02 Å². The lowest BCUT2D eigenvalue weighted by molar-refractivity contribution is -0.120. The van der Waals surface area contributed by atoms with Gasteiger partial charge in [0.25, 0.3) is 0 Å². The molecule has 130 valence electrons. The summed E-state index contributed by atoms with van der Waals surface area (Å²) in [6.45, 7) is 0.667. The predicted octanol–water partition coefficient (Wildman–Crippen LogP) is 3.79. The van der Waals surface area contributed by atoms with E-state index < -0.39 is 0 Å². The van der Waals surface area contributed by atoms with Gasteiger partial charge in [-0.15, -0.1) is 10.2 Å². The average molecular weight is 365 g/mol. The summed E-state index contributed by atoms with van der Waals surface area (Å²) < 4.78 is 0. The first-order valence-electron chi connectivity index (χ1n) is 8.50. The third kappa shape index (κ3) is 3.44. The molecular weight excluding hydrogens is 348 g/mol. The zero-order valence-electron chi connectivity index (χ0n) is 14.0. The van der Waals surface area contributed by atoms with Crippen molar-refractivity contribution >= 4 is 23.3 Å². The Balaban J connectivity index is 1.47. The SMILES string of the molecule is O=C1C(Cc2ccc(Cl)cc2)CCN1c1ccc(-c2ccncc2)nn1. The zero-order valence-corrected chi connectivity index (χ0v) is 14.8. The molecule has 0 radical (unpaired) electrons. The van der Waals surface area contributed by atoms with E-state index in [-0.39, 0.29) is 11.8 Å². The lowest BCUT2D eigenvalue weighted by Crippen LogP contribution is -2.28. The minimum absolute atomic E-state index is 0.0298. The molecule has 1 amide bonds. The van der Waals surface area contributed by atoms with Gasteiger partial charge < -0.3 is 0 Å². The first kappa shape index (κ1) is 16.7. The Morgan fingerprint density at radius 2 is 1.77 bits per heavy atom. The number of pyridine rings is 1. The van der Waals surface area contributed by atoms with Crippen LogP contribution in [-0.4, -0.2) is 27.6 Å². The second kappa shape index (κ2) is 7.22. The number of aromatic nitrogens is 3. The van der Waals surface area contributed by atoms with Crippen LogP contribution in [0.4, 0.5) is 5.82 Å². The number of benzene rings is 1. The highest BCUT2D eigenvalue weighted by molar-refractivity contribution is 6.30. The monoisotopic (exact) mass is 364 g/mol. The molecule has 26 heavy (non-hydrogen) atoms. The maximum Gasteiger partial charge on any atom is 0.231 e. The van der Waals surface area contributed by atoms with Gasteiger partial charge in [-0.2, -0.15) is 0 Å². The fourth-order valence-electron chi connectivity index (χ4n) is 3.21. The van der Waals surface area contributed by atoms with Gasteiger partial charge >= 0.3 is 0 Å². The lowest BCUT2D eigenvalue weighted by atomic mass is 9.98. The molecule has 1 atom stereocenters. The second-order valence-electron chi connectivity index (χ2n) is 6.32. The van der Waals surface area contributed by atoms with Crippen molar-refractivity contribution in [2.45, 2.75) is 12.8 Å². The van der Waals surface area contributed by atoms with Crippen LogP contribution in [0.1, 0.15) is 12.0 Å². The first-order valence-corrected chi connectivity index (χ1v) is 8.88. The molecule has 3 aromatic rings. The van der Waals surface area contributed by atoms with Crippen molar-refractivity contribution in [3.8, 4) is 11.3 Å². The van der Waals surface area contributed by atoms with Crippen LogP contribution in [0, 0.1) is 5.92 Å². The summed E-state index contributed by atoms with van der Waals surface area (Å²) >= 11 is 5.92. The molecule has 4 rings (SSSR count). The van der Waals surface area contributed by atoms with Crippen LogP contribution in [0.25, 0.3) is 11.3 Å². The lowest BCUT2D eigenvalue weighted by Gasteiger charge is -2.15. The Hall–Kier alpha value is -2.79. The minimum atomic E-state index is -0.0298. The topological polar surface area (TPSA) is 59.0 Å². The summed E-state index contributed by atoms with van der Waals surface area (Å²) in [6.07, 6.45) is 4.97. The van der Waals surface area contributed by atoms with Gasteiger partial charge in [-0.25, -0.2) is 0 Å². The number of amides is 1. The molecule has 3 heterocycles. The van der Waals surface area contributed by atoms with E-state index in [1.54, 1.807) is 17.3 Å². The van der Waals surface area contributed by atoms with Crippen molar-refractivity contribution in [1.82, 2.24) is 15.2 Å². The Morgan fingerprint density at radius 1 is 1.00 bits per heavy atom. The average Bonchev–Trinajstić information content (AvgIpc) is 3.05. The van der Waals surface area contributed by atoms with Gasteiger partial charge in [0.2, 0.25) is 5.91 Å². The molecule has 6 heteroatoms. The molecule has 0 bridgehead atoms. The molecule has 1 saturated heterocycles. The van der Waals surface area contributed by atoms with Crippen LogP contribution in [-0.2, 0) is 11.2 Å². The number of hydrogen-bond acceptors (Lipinski definition) is 4. The normalized spacial score (nSPS) is 16.9. The van der Waals surface area contributed by atoms with E-state index in [1.165, 1.54) is 0 Å². The van der Waals surface area contributed by atoms with E-state index in [4.69, 9.17) is 11.6 Å². The summed E-state index contributed by atoms with van der Waals surface area (Å²) in [4.78, 5) is 18.5. The quantitative estimate of drug-likeness (QED) is 0.706. The molecule has 5 nitrogen and oxygen atoms in total. The molecule has 1 unspecified atom stereocenters. The van der Waals surface area contributed by atoms with Gasteiger partial charge in [0.05, 0.1) is 5.69 Å². The van der Waals surface area contributed by atoms with E-state index in [0.29, 0.717) is 17.4 Å². The molecule has 0 N–H and O–H groups in total. The molecule has 1 aliphatic heterocycles. The van der Waals surface area contributed by atoms with E-state index in [9.17, 15) is 4.79 Å². The van der Waals surface area contributed by atoms with Gasteiger partial charge in [0, 0.05) is 35.4 Å². The molecule has 2 aromatic heterocycles. The molecule has 1 aromatic carbocycles. The Bertz CT molecular complexity index is 897.